The molecule has 2 aliphatic rings. The van der Waals surface area contributed by atoms with Crippen LogP contribution in [-0.4, -0.2) is 11.1 Å². The zero-order valence-corrected chi connectivity index (χ0v) is 8.91. The standard InChI is InChI=1S/C12H20O2/c1-8(12(13)14)11(9-4-2-5-9)10-6-3-7-10/h8-11H,2-7H2,1H3,(H,13,14). The molecule has 2 nitrogen and oxygen atoms in total. The number of carbonyl (C=O) groups is 1. The molecule has 0 saturated heterocycles. The Labute approximate surface area is 85.7 Å². The molecular weight excluding hydrogens is 176 g/mol. The van der Waals surface area contributed by atoms with Crippen LogP contribution in [0.4, 0.5) is 0 Å². The topological polar surface area (TPSA) is 37.3 Å². The molecule has 0 aliphatic heterocycles. The Kier molecular flexibility index (Phi) is 2.80. The third-order valence-corrected chi connectivity index (χ3v) is 4.36. The number of carboxylic acids is 1. The molecule has 2 saturated carbocycles. The van der Waals surface area contributed by atoms with E-state index >= 15 is 0 Å². The Balaban J connectivity index is 2.00. The Morgan fingerprint density at radius 1 is 1.14 bits per heavy atom. The summed E-state index contributed by atoms with van der Waals surface area (Å²) in [5.41, 5.74) is 0. The van der Waals surface area contributed by atoms with E-state index < -0.39 is 5.97 Å². The number of hydrogen-bond acceptors (Lipinski definition) is 1. The van der Waals surface area contributed by atoms with Gasteiger partial charge in [-0.1, -0.05) is 45.4 Å². The number of carboxylic acid groups (broad SMARTS) is 1. The van der Waals surface area contributed by atoms with Gasteiger partial charge in [0, 0.05) is 0 Å². The van der Waals surface area contributed by atoms with E-state index in [0.717, 1.165) is 11.8 Å². The van der Waals surface area contributed by atoms with Crippen LogP contribution < -0.4 is 0 Å². The highest BCUT2D eigenvalue weighted by Crippen LogP contribution is 2.47. The van der Waals surface area contributed by atoms with E-state index in [1.165, 1.54) is 38.5 Å². The van der Waals surface area contributed by atoms with E-state index in [1.54, 1.807) is 0 Å². The molecule has 0 aromatic rings. The van der Waals surface area contributed by atoms with E-state index in [-0.39, 0.29) is 5.92 Å². The highest BCUT2D eigenvalue weighted by molar-refractivity contribution is 5.70. The van der Waals surface area contributed by atoms with Crippen LogP contribution in [0.1, 0.15) is 45.4 Å². The zero-order valence-electron chi connectivity index (χ0n) is 8.91. The normalized spacial score (nSPS) is 25.6. The summed E-state index contributed by atoms with van der Waals surface area (Å²) < 4.78 is 0. The first-order valence-corrected chi connectivity index (χ1v) is 5.93. The van der Waals surface area contributed by atoms with E-state index in [2.05, 4.69) is 0 Å². The Morgan fingerprint density at radius 3 is 1.79 bits per heavy atom. The highest BCUT2D eigenvalue weighted by Gasteiger charge is 2.41. The Hall–Kier alpha value is -0.530. The Bertz CT molecular complexity index is 202. The third kappa shape index (κ3) is 1.67. The fourth-order valence-electron chi connectivity index (χ4n) is 3.02. The first-order chi connectivity index (χ1) is 6.70. The van der Waals surface area contributed by atoms with Crippen LogP contribution in [0.25, 0.3) is 0 Å². The molecule has 0 bridgehead atoms. The van der Waals surface area contributed by atoms with Gasteiger partial charge in [0.05, 0.1) is 5.92 Å². The summed E-state index contributed by atoms with van der Waals surface area (Å²) in [4.78, 5) is 11.0. The molecule has 0 radical (unpaired) electrons. The second-order valence-corrected chi connectivity index (χ2v) is 5.09. The van der Waals surface area contributed by atoms with Crippen LogP contribution >= 0.6 is 0 Å². The van der Waals surface area contributed by atoms with Crippen LogP contribution in [0.5, 0.6) is 0 Å². The van der Waals surface area contributed by atoms with Crippen molar-refractivity contribution in [2.75, 3.05) is 0 Å². The van der Waals surface area contributed by atoms with Gasteiger partial charge in [-0.15, -0.1) is 0 Å². The van der Waals surface area contributed by atoms with E-state index in [1.807, 2.05) is 6.92 Å². The van der Waals surface area contributed by atoms with Gasteiger partial charge in [0.2, 0.25) is 0 Å². The SMILES string of the molecule is CC(C(=O)O)C(C1CCC1)C1CCC1. The first kappa shape index (κ1) is 10.0. The van der Waals surface area contributed by atoms with Crippen molar-refractivity contribution in [1.82, 2.24) is 0 Å². The minimum Gasteiger partial charge on any atom is -0.481 e. The van der Waals surface area contributed by atoms with Gasteiger partial charge >= 0.3 is 5.97 Å². The van der Waals surface area contributed by atoms with Crippen molar-refractivity contribution in [2.45, 2.75) is 45.4 Å². The summed E-state index contributed by atoms with van der Waals surface area (Å²) >= 11 is 0. The Morgan fingerprint density at radius 2 is 1.57 bits per heavy atom. The number of hydrogen-bond donors (Lipinski definition) is 1. The lowest BCUT2D eigenvalue weighted by molar-refractivity contribution is -0.146. The molecule has 2 aliphatic carbocycles. The van der Waals surface area contributed by atoms with Gasteiger partial charge in [-0.05, 0) is 17.8 Å². The van der Waals surface area contributed by atoms with Crippen LogP contribution in [0, 0.1) is 23.7 Å². The molecule has 1 atom stereocenters. The van der Waals surface area contributed by atoms with E-state index in [4.69, 9.17) is 5.11 Å². The molecule has 0 amide bonds. The predicted octanol–water partition coefficient (Wildman–Crippen LogP) is 2.92. The third-order valence-electron chi connectivity index (χ3n) is 4.36. The lowest BCUT2D eigenvalue weighted by Gasteiger charge is -2.44. The second-order valence-electron chi connectivity index (χ2n) is 5.09. The molecule has 0 aromatic carbocycles. The summed E-state index contributed by atoms with van der Waals surface area (Å²) in [6.45, 7) is 1.91. The molecule has 80 valence electrons. The minimum atomic E-state index is -0.589. The van der Waals surface area contributed by atoms with Crippen molar-refractivity contribution < 1.29 is 9.90 Å². The highest BCUT2D eigenvalue weighted by atomic mass is 16.4. The van der Waals surface area contributed by atoms with Crippen molar-refractivity contribution in [3.8, 4) is 0 Å². The molecule has 0 aromatic heterocycles. The largest absolute Gasteiger partial charge is 0.481 e. The number of aliphatic carboxylic acids is 1. The molecule has 1 N–H and O–H groups in total. The number of rotatable bonds is 4. The van der Waals surface area contributed by atoms with E-state index in [0.29, 0.717) is 5.92 Å². The predicted molar refractivity (Wildman–Crippen MR) is 55.0 cm³/mol. The molecule has 2 fully saturated rings. The average Bonchev–Trinajstić information content (AvgIpc) is 1.94. The lowest BCUT2D eigenvalue weighted by Crippen LogP contribution is -2.39. The molecule has 14 heavy (non-hydrogen) atoms. The molecule has 2 heteroatoms. The first-order valence-electron chi connectivity index (χ1n) is 5.93. The average molecular weight is 196 g/mol. The van der Waals surface area contributed by atoms with E-state index in [9.17, 15) is 4.79 Å². The summed E-state index contributed by atoms with van der Waals surface area (Å²) in [5, 5.41) is 9.09. The summed E-state index contributed by atoms with van der Waals surface area (Å²) in [5.74, 6) is 1.23. The summed E-state index contributed by atoms with van der Waals surface area (Å²) in [7, 11) is 0. The summed E-state index contributed by atoms with van der Waals surface area (Å²) in [6, 6.07) is 0. The fourth-order valence-corrected chi connectivity index (χ4v) is 3.02. The van der Waals surface area contributed by atoms with Gasteiger partial charge in [0.25, 0.3) is 0 Å². The molecule has 0 heterocycles. The maximum atomic E-state index is 11.0. The second kappa shape index (κ2) is 3.92. The molecular formula is C12H20O2. The zero-order chi connectivity index (χ0) is 10.1. The molecule has 1 unspecified atom stereocenters. The quantitative estimate of drug-likeness (QED) is 0.750. The molecule has 0 spiro atoms. The summed E-state index contributed by atoms with van der Waals surface area (Å²) in [6.07, 6.45) is 7.75. The van der Waals surface area contributed by atoms with Gasteiger partial charge < -0.3 is 5.11 Å². The van der Waals surface area contributed by atoms with Crippen molar-refractivity contribution in [3.63, 3.8) is 0 Å². The fraction of sp³-hybridized carbons (Fsp3) is 0.917. The maximum Gasteiger partial charge on any atom is 0.306 e. The van der Waals surface area contributed by atoms with Gasteiger partial charge in [0.15, 0.2) is 0 Å². The lowest BCUT2D eigenvalue weighted by atomic mass is 9.60. The van der Waals surface area contributed by atoms with Gasteiger partial charge in [0.1, 0.15) is 0 Å². The smallest absolute Gasteiger partial charge is 0.306 e. The van der Waals surface area contributed by atoms with Crippen molar-refractivity contribution >= 4 is 5.97 Å². The van der Waals surface area contributed by atoms with Gasteiger partial charge in [-0.2, -0.15) is 0 Å². The van der Waals surface area contributed by atoms with Crippen LogP contribution in [0.15, 0.2) is 0 Å². The van der Waals surface area contributed by atoms with Crippen molar-refractivity contribution in [2.24, 2.45) is 23.7 Å². The van der Waals surface area contributed by atoms with Crippen LogP contribution in [0.3, 0.4) is 0 Å². The van der Waals surface area contributed by atoms with Crippen LogP contribution in [-0.2, 0) is 4.79 Å². The monoisotopic (exact) mass is 196 g/mol. The minimum absolute atomic E-state index is 0.120. The maximum absolute atomic E-state index is 11.0. The van der Waals surface area contributed by atoms with Gasteiger partial charge in [-0.25, -0.2) is 0 Å². The van der Waals surface area contributed by atoms with Crippen molar-refractivity contribution in [3.05, 3.63) is 0 Å². The van der Waals surface area contributed by atoms with Crippen LogP contribution in [0.2, 0.25) is 0 Å². The van der Waals surface area contributed by atoms with Crippen molar-refractivity contribution in [1.29, 1.82) is 0 Å². The van der Waals surface area contributed by atoms with Gasteiger partial charge in [-0.3, -0.25) is 4.79 Å². The molecule has 2 rings (SSSR count).